The van der Waals surface area contributed by atoms with Crippen LogP contribution in [0, 0.1) is 5.92 Å². The van der Waals surface area contributed by atoms with Crippen molar-refractivity contribution in [2.45, 2.75) is 20.4 Å². The molecule has 7 nitrogen and oxygen atoms in total. The van der Waals surface area contributed by atoms with Crippen molar-refractivity contribution in [1.29, 1.82) is 0 Å². The van der Waals surface area contributed by atoms with Crippen LogP contribution in [0.15, 0.2) is 54.3 Å². The van der Waals surface area contributed by atoms with Crippen molar-refractivity contribution in [3.8, 4) is 0 Å². The molecule has 0 aliphatic heterocycles. The molecule has 0 bridgehead atoms. The second-order valence-corrected chi connectivity index (χ2v) is 8.87. The highest BCUT2D eigenvalue weighted by Gasteiger charge is 2.19. The SMILES string of the molecule is CC(C)CNC(=O)/C(O)=C/C(=O)N(Cc1ccc(Cl)c(Cl)c1)c1ccc(C(=O)N(C)C)cc1. The molecule has 2 aromatic rings. The van der Waals surface area contributed by atoms with E-state index in [0.717, 1.165) is 6.08 Å². The fourth-order valence-electron chi connectivity index (χ4n) is 2.81. The minimum atomic E-state index is -0.738. The standard InChI is InChI=1S/C24H27Cl2N3O4/c1-15(2)13-27-23(32)21(30)12-22(31)29(14-16-5-10-19(25)20(26)11-16)18-8-6-17(7-9-18)24(33)28(3)4/h5-12,15,30H,13-14H2,1-4H3,(H,27,32)/b21-12-. The van der Waals surface area contributed by atoms with Crippen LogP contribution < -0.4 is 10.2 Å². The van der Waals surface area contributed by atoms with Crippen molar-refractivity contribution in [2.24, 2.45) is 5.92 Å². The van der Waals surface area contributed by atoms with Crippen LogP contribution in [0.5, 0.6) is 0 Å². The molecule has 0 heterocycles. The number of carbonyl (C=O) groups excluding carboxylic acids is 3. The quantitative estimate of drug-likeness (QED) is 0.421. The third-order valence-electron chi connectivity index (χ3n) is 4.59. The molecule has 2 rings (SSSR count). The van der Waals surface area contributed by atoms with Crippen LogP contribution in [0.2, 0.25) is 10.0 Å². The van der Waals surface area contributed by atoms with Gasteiger partial charge in [-0.2, -0.15) is 0 Å². The maximum Gasteiger partial charge on any atom is 0.286 e. The zero-order valence-corrected chi connectivity index (χ0v) is 20.4. The van der Waals surface area contributed by atoms with Gasteiger partial charge in [-0.05, 0) is 47.9 Å². The molecule has 9 heteroatoms. The molecule has 33 heavy (non-hydrogen) atoms. The maximum atomic E-state index is 13.1. The second kappa shape index (κ2) is 11.7. The van der Waals surface area contributed by atoms with Gasteiger partial charge in [-0.15, -0.1) is 0 Å². The molecule has 0 saturated heterocycles. The summed E-state index contributed by atoms with van der Waals surface area (Å²) in [5.41, 5.74) is 1.61. The first-order valence-electron chi connectivity index (χ1n) is 10.3. The molecule has 0 unspecified atom stereocenters. The lowest BCUT2D eigenvalue weighted by Gasteiger charge is -2.22. The number of anilines is 1. The number of rotatable bonds is 8. The summed E-state index contributed by atoms with van der Waals surface area (Å²) in [4.78, 5) is 40.1. The van der Waals surface area contributed by atoms with E-state index in [1.165, 1.54) is 9.80 Å². The first-order valence-corrected chi connectivity index (χ1v) is 11.0. The number of nitrogens with zero attached hydrogens (tertiary/aromatic N) is 2. The summed E-state index contributed by atoms with van der Waals surface area (Å²) in [6, 6.07) is 11.4. The molecular weight excluding hydrogens is 465 g/mol. The molecule has 0 aromatic heterocycles. The zero-order valence-electron chi connectivity index (χ0n) is 18.9. The van der Waals surface area contributed by atoms with E-state index in [9.17, 15) is 19.5 Å². The Balaban J connectivity index is 2.36. The third-order valence-corrected chi connectivity index (χ3v) is 5.33. The minimum Gasteiger partial charge on any atom is -0.503 e. The van der Waals surface area contributed by atoms with Gasteiger partial charge >= 0.3 is 0 Å². The van der Waals surface area contributed by atoms with Crippen molar-refractivity contribution in [3.63, 3.8) is 0 Å². The van der Waals surface area contributed by atoms with Crippen LogP contribution in [-0.2, 0) is 16.1 Å². The smallest absolute Gasteiger partial charge is 0.286 e. The lowest BCUT2D eigenvalue weighted by Crippen LogP contribution is -2.32. The molecule has 0 saturated carbocycles. The van der Waals surface area contributed by atoms with Crippen LogP contribution >= 0.6 is 23.2 Å². The number of hydrogen-bond donors (Lipinski definition) is 2. The highest BCUT2D eigenvalue weighted by atomic mass is 35.5. The summed E-state index contributed by atoms with van der Waals surface area (Å²) in [7, 11) is 3.29. The fraction of sp³-hybridized carbons (Fsp3) is 0.292. The summed E-state index contributed by atoms with van der Waals surface area (Å²) in [6.45, 7) is 4.28. The normalized spacial score (nSPS) is 11.3. The highest BCUT2D eigenvalue weighted by molar-refractivity contribution is 6.42. The monoisotopic (exact) mass is 491 g/mol. The minimum absolute atomic E-state index is 0.0914. The Kier molecular flexibility index (Phi) is 9.32. The number of amides is 3. The Bertz CT molecular complexity index is 1050. The lowest BCUT2D eigenvalue weighted by molar-refractivity contribution is -0.121. The van der Waals surface area contributed by atoms with Crippen LogP contribution in [0.25, 0.3) is 0 Å². The molecular formula is C24H27Cl2N3O4. The summed E-state index contributed by atoms with van der Waals surface area (Å²) in [6.07, 6.45) is 0.867. The largest absolute Gasteiger partial charge is 0.503 e. The van der Waals surface area contributed by atoms with Crippen molar-refractivity contribution >= 4 is 46.6 Å². The number of hydrogen-bond acceptors (Lipinski definition) is 4. The molecule has 3 amide bonds. The van der Waals surface area contributed by atoms with E-state index >= 15 is 0 Å². The molecule has 0 aliphatic carbocycles. The summed E-state index contributed by atoms with van der Waals surface area (Å²) >= 11 is 12.1. The van der Waals surface area contributed by atoms with E-state index < -0.39 is 17.6 Å². The van der Waals surface area contributed by atoms with Gasteiger partial charge in [0.25, 0.3) is 17.7 Å². The Morgan fingerprint density at radius 2 is 1.67 bits per heavy atom. The molecule has 0 radical (unpaired) electrons. The summed E-state index contributed by atoms with van der Waals surface area (Å²) in [5, 5.41) is 13.4. The summed E-state index contributed by atoms with van der Waals surface area (Å²) < 4.78 is 0. The fourth-order valence-corrected chi connectivity index (χ4v) is 3.13. The Morgan fingerprint density at radius 1 is 1.03 bits per heavy atom. The first-order chi connectivity index (χ1) is 15.5. The molecule has 2 aromatic carbocycles. The Morgan fingerprint density at radius 3 is 2.21 bits per heavy atom. The van der Waals surface area contributed by atoms with Gasteiger partial charge in [0.05, 0.1) is 22.7 Å². The Labute approximate surface area is 203 Å². The number of carbonyl (C=O) groups is 3. The van der Waals surface area contributed by atoms with Crippen LogP contribution in [-0.4, -0.2) is 48.4 Å². The van der Waals surface area contributed by atoms with E-state index in [0.29, 0.717) is 33.4 Å². The molecule has 0 spiro atoms. The molecule has 2 N–H and O–H groups in total. The van der Waals surface area contributed by atoms with Crippen molar-refractivity contribution in [3.05, 3.63) is 75.5 Å². The third kappa shape index (κ3) is 7.51. The average Bonchev–Trinajstić information content (AvgIpc) is 2.77. The molecule has 176 valence electrons. The molecule has 0 atom stereocenters. The number of benzene rings is 2. The zero-order chi connectivity index (χ0) is 24.7. The van der Waals surface area contributed by atoms with Gasteiger partial charge in [0, 0.05) is 31.9 Å². The lowest BCUT2D eigenvalue weighted by atomic mass is 10.1. The van der Waals surface area contributed by atoms with Gasteiger partial charge in [0.2, 0.25) is 0 Å². The molecule has 0 aliphatic rings. The van der Waals surface area contributed by atoms with Crippen molar-refractivity contribution in [1.82, 2.24) is 10.2 Å². The average molecular weight is 492 g/mol. The molecule has 0 fully saturated rings. The number of nitrogens with one attached hydrogen (secondary N) is 1. The van der Waals surface area contributed by atoms with Gasteiger partial charge in [0.15, 0.2) is 5.76 Å². The van der Waals surface area contributed by atoms with Gasteiger partial charge in [-0.25, -0.2) is 0 Å². The van der Waals surface area contributed by atoms with Crippen LogP contribution in [0.4, 0.5) is 5.69 Å². The van der Waals surface area contributed by atoms with E-state index in [2.05, 4.69) is 5.32 Å². The second-order valence-electron chi connectivity index (χ2n) is 8.05. The number of aliphatic hydroxyl groups is 1. The van der Waals surface area contributed by atoms with Crippen molar-refractivity contribution < 1.29 is 19.5 Å². The van der Waals surface area contributed by atoms with E-state index in [-0.39, 0.29) is 18.4 Å². The van der Waals surface area contributed by atoms with Crippen LogP contribution in [0.3, 0.4) is 0 Å². The first kappa shape index (κ1) is 26.2. The van der Waals surface area contributed by atoms with Gasteiger partial charge in [0.1, 0.15) is 0 Å². The Hall–Kier alpha value is -3.03. The predicted octanol–water partition coefficient (Wildman–Crippen LogP) is 4.44. The topological polar surface area (TPSA) is 90.0 Å². The van der Waals surface area contributed by atoms with Gasteiger partial charge in [-0.3, -0.25) is 14.4 Å². The van der Waals surface area contributed by atoms with Crippen molar-refractivity contribution in [2.75, 3.05) is 25.5 Å². The number of halogens is 2. The number of aliphatic hydroxyl groups excluding tert-OH is 1. The van der Waals surface area contributed by atoms with Gasteiger partial charge < -0.3 is 20.2 Å². The van der Waals surface area contributed by atoms with E-state index in [4.69, 9.17) is 23.2 Å². The summed E-state index contributed by atoms with van der Waals surface area (Å²) in [5.74, 6) is -2.04. The van der Waals surface area contributed by atoms with E-state index in [1.54, 1.807) is 56.6 Å². The van der Waals surface area contributed by atoms with Gasteiger partial charge in [-0.1, -0.05) is 43.1 Å². The maximum absolute atomic E-state index is 13.1. The van der Waals surface area contributed by atoms with Crippen LogP contribution in [0.1, 0.15) is 29.8 Å². The van der Waals surface area contributed by atoms with E-state index in [1.807, 2.05) is 13.8 Å². The highest BCUT2D eigenvalue weighted by Crippen LogP contribution is 2.25. The predicted molar refractivity (Wildman–Crippen MR) is 131 cm³/mol.